The lowest BCUT2D eigenvalue weighted by atomic mass is 9.87. The van der Waals surface area contributed by atoms with Crippen LogP contribution in [0.15, 0.2) is 69.1 Å². The van der Waals surface area contributed by atoms with Crippen molar-refractivity contribution in [3.63, 3.8) is 0 Å². The molecule has 0 unspecified atom stereocenters. The van der Waals surface area contributed by atoms with Crippen LogP contribution < -0.4 is 5.69 Å². The Bertz CT molecular complexity index is 1200. The van der Waals surface area contributed by atoms with E-state index in [9.17, 15) is 4.79 Å². The van der Waals surface area contributed by atoms with Gasteiger partial charge in [0.05, 0.1) is 11.8 Å². The van der Waals surface area contributed by atoms with Gasteiger partial charge in [-0.25, -0.2) is 9.89 Å². The van der Waals surface area contributed by atoms with Gasteiger partial charge >= 0.3 is 5.69 Å². The molecule has 4 aromatic rings. The fourth-order valence-corrected chi connectivity index (χ4v) is 4.15. The second-order valence-corrected chi connectivity index (χ2v) is 9.34. The molecule has 7 nitrogen and oxygen atoms in total. The smallest absolute Gasteiger partial charge is 0.338 e. The number of thioether (sulfide) groups is 1. The van der Waals surface area contributed by atoms with E-state index in [-0.39, 0.29) is 17.1 Å². The Kier molecular flexibility index (Phi) is 5.82. The van der Waals surface area contributed by atoms with Crippen LogP contribution in [0.1, 0.15) is 50.8 Å². The van der Waals surface area contributed by atoms with Crippen LogP contribution in [0.2, 0.25) is 0 Å². The highest BCUT2D eigenvalue weighted by Gasteiger charge is 2.19. The Balaban J connectivity index is 1.48. The second kappa shape index (κ2) is 8.55. The lowest BCUT2D eigenvalue weighted by Gasteiger charge is -2.18. The van der Waals surface area contributed by atoms with E-state index >= 15 is 0 Å². The molecule has 0 fully saturated rings. The number of aromatic amines is 1. The highest BCUT2D eigenvalue weighted by atomic mass is 32.2. The molecule has 2 aromatic carbocycles. The van der Waals surface area contributed by atoms with Crippen LogP contribution >= 0.6 is 11.8 Å². The van der Waals surface area contributed by atoms with Crippen molar-refractivity contribution >= 4 is 11.8 Å². The minimum Gasteiger partial charge on any atom is -0.338 e. The van der Waals surface area contributed by atoms with Gasteiger partial charge in [-0.2, -0.15) is 4.98 Å². The summed E-state index contributed by atoms with van der Waals surface area (Å²) in [6, 6.07) is 17.9. The number of aromatic nitrogens is 5. The molecule has 0 amide bonds. The molecular weight excluding hydrogens is 410 g/mol. The molecule has 31 heavy (non-hydrogen) atoms. The fourth-order valence-electron chi connectivity index (χ4n) is 3.29. The Morgan fingerprint density at radius 1 is 1.10 bits per heavy atom. The molecule has 0 aliphatic carbocycles. The molecule has 0 radical (unpaired) electrons. The normalized spacial score (nSPS) is 12.8. The largest absolute Gasteiger partial charge is 0.344 e. The van der Waals surface area contributed by atoms with Crippen LogP contribution in [-0.4, -0.2) is 24.9 Å². The summed E-state index contributed by atoms with van der Waals surface area (Å²) in [6.07, 6.45) is 0. The lowest BCUT2D eigenvalue weighted by Crippen LogP contribution is -2.22. The Morgan fingerprint density at radius 2 is 1.81 bits per heavy atom. The maximum atomic E-state index is 12.3. The van der Waals surface area contributed by atoms with Gasteiger partial charge in [0.15, 0.2) is 5.16 Å². The average Bonchev–Trinajstić information content (AvgIpc) is 3.38. The molecule has 0 saturated carbocycles. The summed E-state index contributed by atoms with van der Waals surface area (Å²) in [5.41, 5.74) is 3.03. The standard InChI is InChI=1S/C23H25N5O2S/c1-15(16-8-6-5-7-9-16)28-21(29)25-26-22(28)31-14-19-24-20(27-30-19)17-10-12-18(13-11-17)23(2,3)4/h5-13,15H,14H2,1-4H3,(H,25,29)/t15-/m0/s1. The van der Waals surface area contributed by atoms with Crippen LogP contribution in [0.5, 0.6) is 0 Å². The predicted octanol–water partition coefficient (Wildman–Crippen LogP) is 4.82. The topological polar surface area (TPSA) is 89.6 Å². The zero-order valence-corrected chi connectivity index (χ0v) is 18.8. The molecule has 1 N–H and O–H groups in total. The summed E-state index contributed by atoms with van der Waals surface area (Å²) in [4.78, 5) is 16.8. The fraction of sp³-hybridized carbons (Fsp3) is 0.304. The van der Waals surface area contributed by atoms with Gasteiger partial charge in [-0.15, -0.1) is 5.10 Å². The van der Waals surface area contributed by atoms with Crippen molar-refractivity contribution in [3.05, 3.63) is 82.1 Å². The van der Waals surface area contributed by atoms with Crippen molar-refractivity contribution < 1.29 is 4.52 Å². The molecule has 1 atom stereocenters. The summed E-state index contributed by atoms with van der Waals surface area (Å²) in [6.45, 7) is 8.51. The van der Waals surface area contributed by atoms with E-state index in [1.165, 1.54) is 17.3 Å². The molecular formula is C23H25N5O2S. The average molecular weight is 436 g/mol. The van der Waals surface area contributed by atoms with E-state index in [2.05, 4.69) is 53.2 Å². The predicted molar refractivity (Wildman–Crippen MR) is 121 cm³/mol. The molecule has 2 heterocycles. The molecule has 0 bridgehead atoms. The van der Waals surface area contributed by atoms with Gasteiger partial charge in [0.25, 0.3) is 0 Å². The first-order chi connectivity index (χ1) is 14.8. The first-order valence-electron chi connectivity index (χ1n) is 10.1. The van der Waals surface area contributed by atoms with E-state index in [1.807, 2.05) is 49.4 Å². The SMILES string of the molecule is C[C@@H](c1ccccc1)n1c(SCc2nc(-c3ccc(C(C)(C)C)cc3)no2)n[nH]c1=O. The van der Waals surface area contributed by atoms with Crippen molar-refractivity contribution in [1.29, 1.82) is 0 Å². The first-order valence-corrected chi connectivity index (χ1v) is 11.1. The van der Waals surface area contributed by atoms with Gasteiger partial charge in [-0.3, -0.25) is 4.57 Å². The summed E-state index contributed by atoms with van der Waals surface area (Å²) < 4.78 is 7.06. The monoisotopic (exact) mass is 435 g/mol. The molecule has 0 spiro atoms. The quantitative estimate of drug-likeness (QED) is 0.437. The van der Waals surface area contributed by atoms with Gasteiger partial charge in [-0.1, -0.05) is 92.3 Å². The van der Waals surface area contributed by atoms with Crippen molar-refractivity contribution in [2.45, 2.75) is 50.1 Å². The molecule has 8 heteroatoms. The Morgan fingerprint density at radius 3 is 2.48 bits per heavy atom. The number of nitrogens with zero attached hydrogens (tertiary/aromatic N) is 4. The van der Waals surface area contributed by atoms with Crippen molar-refractivity contribution in [2.24, 2.45) is 0 Å². The van der Waals surface area contributed by atoms with Gasteiger partial charge < -0.3 is 4.52 Å². The maximum absolute atomic E-state index is 12.3. The summed E-state index contributed by atoms with van der Waals surface area (Å²) in [5, 5.41) is 11.4. The van der Waals surface area contributed by atoms with Crippen molar-refractivity contribution in [3.8, 4) is 11.4 Å². The summed E-state index contributed by atoms with van der Waals surface area (Å²) in [7, 11) is 0. The van der Waals surface area contributed by atoms with Crippen LogP contribution in [0.4, 0.5) is 0 Å². The number of nitrogens with one attached hydrogen (secondary N) is 1. The van der Waals surface area contributed by atoms with Crippen molar-refractivity contribution in [1.82, 2.24) is 24.9 Å². The molecule has 0 saturated heterocycles. The van der Waals surface area contributed by atoms with Crippen LogP contribution in [0, 0.1) is 0 Å². The highest BCUT2D eigenvalue weighted by Crippen LogP contribution is 2.27. The van der Waals surface area contributed by atoms with Gasteiger partial charge in [0.2, 0.25) is 11.7 Å². The Hall–Kier alpha value is -3.13. The third-order valence-corrected chi connectivity index (χ3v) is 6.08. The number of hydrogen-bond donors (Lipinski definition) is 1. The van der Waals surface area contributed by atoms with E-state index in [0.717, 1.165) is 11.1 Å². The van der Waals surface area contributed by atoms with E-state index in [0.29, 0.717) is 22.6 Å². The van der Waals surface area contributed by atoms with Crippen LogP contribution in [0.3, 0.4) is 0 Å². The number of H-pyrrole nitrogens is 1. The lowest BCUT2D eigenvalue weighted by molar-refractivity contribution is 0.391. The van der Waals surface area contributed by atoms with Crippen LogP contribution in [-0.2, 0) is 11.2 Å². The minimum absolute atomic E-state index is 0.0911. The van der Waals surface area contributed by atoms with E-state index in [1.54, 1.807) is 4.57 Å². The molecule has 4 rings (SSSR count). The zero-order valence-electron chi connectivity index (χ0n) is 18.0. The highest BCUT2D eigenvalue weighted by molar-refractivity contribution is 7.98. The number of hydrogen-bond acceptors (Lipinski definition) is 6. The van der Waals surface area contributed by atoms with Crippen molar-refractivity contribution in [2.75, 3.05) is 0 Å². The van der Waals surface area contributed by atoms with Crippen LogP contribution in [0.25, 0.3) is 11.4 Å². The third kappa shape index (κ3) is 4.64. The second-order valence-electron chi connectivity index (χ2n) is 8.40. The molecule has 2 aromatic heterocycles. The molecule has 160 valence electrons. The minimum atomic E-state index is -0.246. The summed E-state index contributed by atoms with van der Waals surface area (Å²) >= 11 is 1.38. The maximum Gasteiger partial charge on any atom is 0.344 e. The molecule has 0 aliphatic heterocycles. The third-order valence-electron chi connectivity index (χ3n) is 5.14. The molecule has 0 aliphatic rings. The van der Waals surface area contributed by atoms with Gasteiger partial charge in [-0.05, 0) is 23.5 Å². The zero-order chi connectivity index (χ0) is 22.0. The summed E-state index contributed by atoms with van der Waals surface area (Å²) in [5.74, 6) is 1.45. The van der Waals surface area contributed by atoms with Gasteiger partial charge in [0, 0.05) is 5.56 Å². The number of rotatable bonds is 6. The van der Waals surface area contributed by atoms with Gasteiger partial charge in [0.1, 0.15) is 0 Å². The first kappa shape index (κ1) is 21.1. The number of benzene rings is 2. The van der Waals surface area contributed by atoms with E-state index < -0.39 is 0 Å². The Labute approximate surface area is 184 Å². The van der Waals surface area contributed by atoms with E-state index in [4.69, 9.17) is 4.52 Å².